The monoisotopic (exact) mass is 282 g/mol. The van der Waals surface area contributed by atoms with Gasteiger partial charge < -0.3 is 10.1 Å². The van der Waals surface area contributed by atoms with E-state index < -0.39 is 0 Å². The van der Waals surface area contributed by atoms with Crippen LogP contribution in [0.25, 0.3) is 0 Å². The Morgan fingerprint density at radius 3 is 2.65 bits per heavy atom. The molecular weight excluding hydrogens is 248 g/mol. The molecule has 0 aromatic heterocycles. The molecule has 0 bridgehead atoms. The zero-order valence-corrected chi connectivity index (χ0v) is 13.8. The highest BCUT2D eigenvalue weighted by molar-refractivity contribution is 5.04. The van der Waals surface area contributed by atoms with Crippen LogP contribution in [0.3, 0.4) is 0 Å². The van der Waals surface area contributed by atoms with E-state index in [1.54, 1.807) is 0 Å². The highest BCUT2D eigenvalue weighted by Crippen LogP contribution is 2.44. The number of hydrogen-bond donors (Lipinski definition) is 1. The molecule has 1 saturated heterocycles. The second-order valence-electron chi connectivity index (χ2n) is 6.91. The van der Waals surface area contributed by atoms with Gasteiger partial charge in [-0.25, -0.2) is 0 Å². The summed E-state index contributed by atoms with van der Waals surface area (Å²) in [5.41, 5.74) is 0.373. The molecule has 0 aromatic carbocycles. The summed E-state index contributed by atoms with van der Waals surface area (Å²) in [6.45, 7) is 12.3. The number of ether oxygens (including phenoxy) is 1. The third kappa shape index (κ3) is 4.19. The third-order valence-corrected chi connectivity index (χ3v) is 5.15. The van der Waals surface area contributed by atoms with E-state index in [-0.39, 0.29) is 0 Å². The molecular formula is C17H34N2O. The van der Waals surface area contributed by atoms with Gasteiger partial charge in [0, 0.05) is 37.8 Å². The molecule has 2 unspecified atom stereocenters. The minimum atomic E-state index is 0.373. The fourth-order valence-corrected chi connectivity index (χ4v) is 3.52. The molecule has 1 N–H and O–H groups in total. The van der Waals surface area contributed by atoms with Crippen LogP contribution in [0.1, 0.15) is 59.3 Å². The van der Waals surface area contributed by atoms with Crippen LogP contribution in [0.4, 0.5) is 0 Å². The SMILES string of the molecule is CCCCOCCN1CC(CCC)NCC1(C)C1CC1. The Balaban J connectivity index is 1.82. The summed E-state index contributed by atoms with van der Waals surface area (Å²) in [6, 6.07) is 0.683. The zero-order valence-electron chi connectivity index (χ0n) is 13.8. The number of nitrogens with one attached hydrogen (secondary N) is 1. The lowest BCUT2D eigenvalue weighted by Crippen LogP contribution is -2.64. The van der Waals surface area contributed by atoms with E-state index in [1.807, 2.05) is 0 Å². The highest BCUT2D eigenvalue weighted by Gasteiger charge is 2.47. The second-order valence-corrected chi connectivity index (χ2v) is 6.91. The summed E-state index contributed by atoms with van der Waals surface area (Å²) in [7, 11) is 0. The molecule has 1 saturated carbocycles. The van der Waals surface area contributed by atoms with Crippen LogP contribution in [0.2, 0.25) is 0 Å². The molecule has 2 aliphatic rings. The summed E-state index contributed by atoms with van der Waals surface area (Å²) in [5.74, 6) is 0.910. The van der Waals surface area contributed by atoms with Gasteiger partial charge in [-0.15, -0.1) is 0 Å². The van der Waals surface area contributed by atoms with Crippen molar-refractivity contribution in [1.82, 2.24) is 10.2 Å². The van der Waals surface area contributed by atoms with Crippen molar-refractivity contribution in [1.29, 1.82) is 0 Å². The van der Waals surface area contributed by atoms with E-state index in [0.29, 0.717) is 11.6 Å². The summed E-state index contributed by atoms with van der Waals surface area (Å²) in [4.78, 5) is 2.73. The molecule has 2 rings (SSSR count). The van der Waals surface area contributed by atoms with Gasteiger partial charge in [-0.05, 0) is 38.5 Å². The minimum Gasteiger partial charge on any atom is -0.380 e. The Hall–Kier alpha value is -0.120. The Bertz CT molecular complexity index is 280. The summed E-state index contributed by atoms with van der Waals surface area (Å²) < 4.78 is 5.80. The maximum Gasteiger partial charge on any atom is 0.0593 e. The molecule has 118 valence electrons. The van der Waals surface area contributed by atoms with Gasteiger partial charge in [0.05, 0.1) is 6.61 Å². The van der Waals surface area contributed by atoms with Gasteiger partial charge in [0.1, 0.15) is 0 Å². The molecule has 0 amide bonds. The first kappa shape index (κ1) is 16.3. The van der Waals surface area contributed by atoms with Crippen LogP contribution >= 0.6 is 0 Å². The van der Waals surface area contributed by atoms with E-state index in [4.69, 9.17) is 4.74 Å². The first-order valence-corrected chi connectivity index (χ1v) is 8.77. The molecule has 0 aromatic rings. The fraction of sp³-hybridized carbons (Fsp3) is 1.00. The van der Waals surface area contributed by atoms with E-state index in [9.17, 15) is 0 Å². The standard InChI is InChI=1S/C17H34N2O/c1-4-6-11-20-12-10-19-13-16(7-5-2)18-14-17(19,3)15-8-9-15/h15-16,18H,4-14H2,1-3H3. The van der Waals surface area contributed by atoms with Crippen LogP contribution in [0.5, 0.6) is 0 Å². The number of rotatable bonds is 9. The zero-order chi connectivity index (χ0) is 14.4. The van der Waals surface area contributed by atoms with Gasteiger partial charge >= 0.3 is 0 Å². The Morgan fingerprint density at radius 2 is 2.00 bits per heavy atom. The average Bonchev–Trinajstić information content (AvgIpc) is 3.27. The predicted molar refractivity (Wildman–Crippen MR) is 85.1 cm³/mol. The number of nitrogens with zero attached hydrogens (tertiary/aromatic N) is 1. The normalized spacial score (nSPS) is 31.6. The first-order valence-electron chi connectivity index (χ1n) is 8.77. The van der Waals surface area contributed by atoms with Crippen LogP contribution in [0, 0.1) is 5.92 Å². The van der Waals surface area contributed by atoms with Crippen molar-refractivity contribution < 1.29 is 4.74 Å². The molecule has 20 heavy (non-hydrogen) atoms. The van der Waals surface area contributed by atoms with Crippen molar-refractivity contribution in [2.75, 3.05) is 32.8 Å². The van der Waals surface area contributed by atoms with Gasteiger partial charge in [-0.1, -0.05) is 26.7 Å². The average molecular weight is 282 g/mol. The van der Waals surface area contributed by atoms with Gasteiger partial charge in [0.15, 0.2) is 0 Å². The van der Waals surface area contributed by atoms with Gasteiger partial charge in [-0.3, -0.25) is 4.90 Å². The molecule has 2 atom stereocenters. The van der Waals surface area contributed by atoms with E-state index in [1.165, 1.54) is 45.1 Å². The second kappa shape index (κ2) is 7.77. The third-order valence-electron chi connectivity index (χ3n) is 5.15. The van der Waals surface area contributed by atoms with Crippen molar-refractivity contribution in [3.05, 3.63) is 0 Å². The lowest BCUT2D eigenvalue weighted by molar-refractivity contribution is 0.00542. The number of unbranched alkanes of at least 4 members (excludes halogenated alkanes) is 1. The van der Waals surface area contributed by atoms with E-state index in [2.05, 4.69) is 31.0 Å². The fourth-order valence-electron chi connectivity index (χ4n) is 3.52. The lowest BCUT2D eigenvalue weighted by Gasteiger charge is -2.49. The van der Waals surface area contributed by atoms with Crippen LogP contribution in [0.15, 0.2) is 0 Å². The lowest BCUT2D eigenvalue weighted by atomic mass is 9.89. The van der Waals surface area contributed by atoms with Crippen molar-refractivity contribution in [3.63, 3.8) is 0 Å². The summed E-state index contributed by atoms with van der Waals surface area (Å²) in [6.07, 6.45) is 7.84. The Kier molecular flexibility index (Phi) is 6.31. The van der Waals surface area contributed by atoms with Crippen molar-refractivity contribution in [2.24, 2.45) is 5.92 Å². The topological polar surface area (TPSA) is 24.5 Å². The smallest absolute Gasteiger partial charge is 0.0593 e. The van der Waals surface area contributed by atoms with Crippen LogP contribution in [-0.4, -0.2) is 49.3 Å². The highest BCUT2D eigenvalue weighted by atomic mass is 16.5. The molecule has 3 heteroatoms. The molecule has 1 aliphatic carbocycles. The minimum absolute atomic E-state index is 0.373. The molecule has 2 fully saturated rings. The molecule has 0 radical (unpaired) electrons. The van der Waals surface area contributed by atoms with E-state index >= 15 is 0 Å². The van der Waals surface area contributed by atoms with E-state index in [0.717, 1.165) is 32.2 Å². The summed E-state index contributed by atoms with van der Waals surface area (Å²) in [5, 5.41) is 3.79. The molecule has 1 heterocycles. The van der Waals surface area contributed by atoms with Gasteiger partial charge in [-0.2, -0.15) is 0 Å². The van der Waals surface area contributed by atoms with Crippen molar-refractivity contribution in [2.45, 2.75) is 70.9 Å². The van der Waals surface area contributed by atoms with Crippen molar-refractivity contribution >= 4 is 0 Å². The number of piperazine rings is 1. The number of hydrogen-bond acceptors (Lipinski definition) is 3. The Labute approximate surface area is 125 Å². The molecule has 1 aliphatic heterocycles. The maximum absolute atomic E-state index is 5.80. The van der Waals surface area contributed by atoms with Gasteiger partial charge in [0.2, 0.25) is 0 Å². The predicted octanol–water partition coefficient (Wildman–Crippen LogP) is 3.05. The van der Waals surface area contributed by atoms with Gasteiger partial charge in [0.25, 0.3) is 0 Å². The van der Waals surface area contributed by atoms with Crippen LogP contribution < -0.4 is 5.32 Å². The summed E-state index contributed by atoms with van der Waals surface area (Å²) >= 11 is 0. The largest absolute Gasteiger partial charge is 0.380 e. The Morgan fingerprint density at radius 1 is 1.20 bits per heavy atom. The first-order chi connectivity index (χ1) is 9.70. The van der Waals surface area contributed by atoms with Crippen LogP contribution in [-0.2, 0) is 4.74 Å². The molecule has 3 nitrogen and oxygen atoms in total. The molecule has 0 spiro atoms. The van der Waals surface area contributed by atoms with Crippen molar-refractivity contribution in [3.8, 4) is 0 Å². The maximum atomic E-state index is 5.80. The quantitative estimate of drug-likeness (QED) is 0.658.